The normalized spacial score (nSPS) is 14.9. The number of carbonyl (C=O) groups excluding carboxylic acids is 3. The Morgan fingerprint density at radius 3 is 2.85 bits per heavy atom. The molecule has 1 heterocycles. The van der Waals surface area contributed by atoms with Gasteiger partial charge >= 0.3 is 12.1 Å². The van der Waals surface area contributed by atoms with Gasteiger partial charge in [-0.05, 0) is 0 Å². The van der Waals surface area contributed by atoms with Gasteiger partial charge in [-0.3, -0.25) is 4.79 Å². The molecular weight excluding hydrogens is 176 g/mol. The van der Waals surface area contributed by atoms with Gasteiger partial charge in [0.05, 0.1) is 6.21 Å². The van der Waals surface area contributed by atoms with Crippen LogP contribution in [0.3, 0.4) is 0 Å². The van der Waals surface area contributed by atoms with Crippen molar-refractivity contribution in [2.24, 2.45) is 4.99 Å². The number of carbonyl (C=O) groups is 3. The second-order valence-electron chi connectivity index (χ2n) is 2.08. The van der Waals surface area contributed by atoms with E-state index in [1.165, 1.54) is 6.08 Å². The molecule has 0 saturated heterocycles. The van der Waals surface area contributed by atoms with Crippen molar-refractivity contribution in [3.8, 4) is 0 Å². The van der Waals surface area contributed by atoms with Crippen LogP contribution in [0.1, 0.15) is 0 Å². The molecule has 0 bridgehead atoms. The Morgan fingerprint density at radius 2 is 2.38 bits per heavy atom. The zero-order valence-corrected chi connectivity index (χ0v) is 6.60. The summed E-state index contributed by atoms with van der Waals surface area (Å²) in [4.78, 5) is 36.0. The van der Waals surface area contributed by atoms with Gasteiger partial charge in [0.25, 0.3) is 5.91 Å². The van der Waals surface area contributed by atoms with Gasteiger partial charge in [-0.1, -0.05) is 12.7 Å². The van der Waals surface area contributed by atoms with Gasteiger partial charge in [0, 0.05) is 0 Å². The quantitative estimate of drug-likeness (QED) is 0.577. The maximum Gasteiger partial charge on any atom is 0.425 e. The summed E-state index contributed by atoms with van der Waals surface area (Å²) in [5, 5.41) is 0. The van der Waals surface area contributed by atoms with E-state index in [1.807, 2.05) is 0 Å². The lowest BCUT2D eigenvalue weighted by Gasteiger charge is -2.08. The molecule has 0 radical (unpaired) electrons. The molecule has 4 amide bonds. The van der Waals surface area contributed by atoms with E-state index < -0.39 is 18.0 Å². The van der Waals surface area contributed by atoms with Crippen LogP contribution in [-0.2, 0) is 9.53 Å². The molecule has 68 valence electrons. The molecule has 0 spiro atoms. The van der Waals surface area contributed by atoms with Crippen LogP contribution in [-0.4, -0.2) is 35.8 Å². The molecule has 0 aliphatic carbocycles. The van der Waals surface area contributed by atoms with Crippen LogP contribution in [0.5, 0.6) is 0 Å². The SMILES string of the molecule is C=CCOC(=O)N1C(=O)C=NC1=O. The van der Waals surface area contributed by atoms with Gasteiger partial charge < -0.3 is 4.74 Å². The molecule has 0 N–H and O–H groups in total. The lowest BCUT2D eigenvalue weighted by atomic mass is 10.6. The maximum atomic E-state index is 11.0. The Balaban J connectivity index is 2.62. The third kappa shape index (κ3) is 1.78. The summed E-state index contributed by atoms with van der Waals surface area (Å²) in [7, 11) is 0. The molecule has 6 heteroatoms. The predicted molar refractivity (Wildman–Crippen MR) is 42.3 cm³/mol. The topological polar surface area (TPSA) is 76.0 Å². The van der Waals surface area contributed by atoms with Crippen LogP contribution in [0.15, 0.2) is 17.6 Å². The first-order valence-electron chi connectivity index (χ1n) is 3.36. The summed E-state index contributed by atoms with van der Waals surface area (Å²) in [5.74, 6) is -0.793. The average Bonchev–Trinajstić information content (AvgIpc) is 2.42. The first-order chi connectivity index (χ1) is 6.16. The summed E-state index contributed by atoms with van der Waals surface area (Å²) in [6.07, 6.45) is 1.05. The second-order valence-corrected chi connectivity index (χ2v) is 2.08. The Morgan fingerprint density at radius 1 is 1.69 bits per heavy atom. The highest BCUT2D eigenvalue weighted by molar-refractivity contribution is 6.39. The fourth-order valence-electron chi connectivity index (χ4n) is 0.683. The molecule has 0 aromatic heterocycles. The molecule has 0 aromatic carbocycles. The van der Waals surface area contributed by atoms with Gasteiger partial charge in [0.1, 0.15) is 6.61 Å². The smallest absolute Gasteiger partial charge is 0.425 e. The standard InChI is InChI=1S/C7H6N2O4/c1-2-3-13-7(12)9-5(10)4-8-6(9)11/h2,4H,1,3H2. The molecule has 1 aliphatic heterocycles. The van der Waals surface area contributed by atoms with E-state index in [0.29, 0.717) is 4.90 Å². The van der Waals surface area contributed by atoms with Crippen molar-refractivity contribution >= 4 is 24.2 Å². The van der Waals surface area contributed by atoms with E-state index in [4.69, 9.17) is 0 Å². The first-order valence-corrected chi connectivity index (χ1v) is 3.36. The van der Waals surface area contributed by atoms with Crippen molar-refractivity contribution in [2.45, 2.75) is 0 Å². The van der Waals surface area contributed by atoms with E-state index in [2.05, 4.69) is 16.3 Å². The number of aliphatic imine (C=N–C) groups is 1. The third-order valence-corrected chi connectivity index (χ3v) is 1.20. The lowest BCUT2D eigenvalue weighted by Crippen LogP contribution is -2.36. The third-order valence-electron chi connectivity index (χ3n) is 1.20. The van der Waals surface area contributed by atoms with Crippen LogP contribution in [0.2, 0.25) is 0 Å². The van der Waals surface area contributed by atoms with E-state index in [0.717, 1.165) is 6.21 Å². The van der Waals surface area contributed by atoms with Crippen molar-refractivity contribution in [3.63, 3.8) is 0 Å². The van der Waals surface area contributed by atoms with E-state index in [1.54, 1.807) is 0 Å². The zero-order chi connectivity index (χ0) is 9.84. The van der Waals surface area contributed by atoms with Crippen LogP contribution in [0, 0.1) is 0 Å². The number of nitrogens with zero attached hydrogens (tertiary/aromatic N) is 2. The van der Waals surface area contributed by atoms with Gasteiger partial charge in [0.2, 0.25) is 0 Å². The second kappa shape index (κ2) is 3.61. The Labute approximate surface area is 73.5 Å². The van der Waals surface area contributed by atoms with Gasteiger partial charge in [-0.15, -0.1) is 0 Å². The van der Waals surface area contributed by atoms with Crippen LogP contribution >= 0.6 is 0 Å². The molecule has 0 atom stereocenters. The number of urea groups is 1. The zero-order valence-electron chi connectivity index (χ0n) is 6.60. The minimum atomic E-state index is -1.03. The highest BCUT2D eigenvalue weighted by atomic mass is 16.6. The fraction of sp³-hybridized carbons (Fsp3) is 0.143. The van der Waals surface area contributed by atoms with Gasteiger partial charge in [-0.25, -0.2) is 9.59 Å². The largest absolute Gasteiger partial charge is 0.445 e. The molecule has 0 aromatic rings. The Kier molecular flexibility index (Phi) is 2.53. The monoisotopic (exact) mass is 182 g/mol. The van der Waals surface area contributed by atoms with Gasteiger partial charge in [-0.2, -0.15) is 9.89 Å². The van der Waals surface area contributed by atoms with E-state index in [-0.39, 0.29) is 6.61 Å². The molecule has 0 fully saturated rings. The maximum absolute atomic E-state index is 11.0. The average molecular weight is 182 g/mol. The first kappa shape index (κ1) is 9.11. The van der Waals surface area contributed by atoms with Gasteiger partial charge in [0.15, 0.2) is 0 Å². The molecule has 1 aliphatic rings. The summed E-state index contributed by atoms with van der Waals surface area (Å²) in [6.45, 7) is 3.24. The molecular formula is C7H6N2O4. The van der Waals surface area contributed by atoms with Crippen molar-refractivity contribution in [3.05, 3.63) is 12.7 Å². The Hall–Kier alpha value is -1.98. The minimum Gasteiger partial charge on any atom is -0.445 e. The number of ether oxygens (including phenoxy) is 1. The number of rotatable bonds is 2. The molecule has 1 rings (SSSR count). The molecule has 6 nitrogen and oxygen atoms in total. The molecule has 0 unspecified atom stereocenters. The lowest BCUT2D eigenvalue weighted by molar-refractivity contribution is -0.119. The minimum absolute atomic E-state index is 0.0596. The summed E-state index contributed by atoms with van der Waals surface area (Å²) < 4.78 is 4.46. The number of amides is 4. The molecule has 13 heavy (non-hydrogen) atoms. The van der Waals surface area contributed by atoms with Crippen LogP contribution < -0.4 is 0 Å². The van der Waals surface area contributed by atoms with E-state index in [9.17, 15) is 14.4 Å². The van der Waals surface area contributed by atoms with Crippen molar-refractivity contribution in [1.82, 2.24) is 4.90 Å². The van der Waals surface area contributed by atoms with Crippen molar-refractivity contribution in [1.29, 1.82) is 0 Å². The predicted octanol–water partition coefficient (Wildman–Crippen LogP) is 0.342. The number of imide groups is 3. The number of hydrogen-bond donors (Lipinski definition) is 0. The van der Waals surface area contributed by atoms with Crippen molar-refractivity contribution in [2.75, 3.05) is 6.61 Å². The van der Waals surface area contributed by atoms with E-state index >= 15 is 0 Å². The van der Waals surface area contributed by atoms with Crippen molar-refractivity contribution < 1.29 is 19.1 Å². The van der Waals surface area contributed by atoms with Crippen LogP contribution in [0.25, 0.3) is 0 Å². The summed E-state index contributed by atoms with van der Waals surface area (Å²) in [5.41, 5.74) is 0. The fourth-order valence-corrected chi connectivity index (χ4v) is 0.683. The molecule has 0 saturated carbocycles. The summed E-state index contributed by atoms with van der Waals surface area (Å²) in [6, 6.07) is -0.931. The summed E-state index contributed by atoms with van der Waals surface area (Å²) >= 11 is 0. The number of hydrogen-bond acceptors (Lipinski definition) is 4. The highest BCUT2D eigenvalue weighted by Crippen LogP contribution is 2.03. The highest BCUT2D eigenvalue weighted by Gasteiger charge is 2.32. The Bertz CT molecular complexity index is 290. The van der Waals surface area contributed by atoms with Crippen LogP contribution in [0.4, 0.5) is 9.59 Å².